The highest BCUT2D eigenvalue weighted by atomic mass is 32.2. The SMILES string of the molecule is COC(=O)C=CC(F)(F)[C@](CF)(N[S@](=O)C(C)(C)C)c1ccccc1F. The van der Waals surface area contributed by atoms with E-state index < -0.39 is 51.2 Å². The fourth-order valence-electron chi connectivity index (χ4n) is 1.99. The summed E-state index contributed by atoms with van der Waals surface area (Å²) in [6.07, 6.45) is 0.519. The van der Waals surface area contributed by atoms with Crippen LogP contribution in [0.2, 0.25) is 0 Å². The number of benzene rings is 1. The van der Waals surface area contributed by atoms with Gasteiger partial charge in [-0.15, -0.1) is 0 Å². The molecule has 1 rings (SSSR count). The third-order valence-corrected chi connectivity index (χ3v) is 5.20. The minimum Gasteiger partial charge on any atom is -0.466 e. The van der Waals surface area contributed by atoms with E-state index in [1.165, 1.54) is 32.9 Å². The standard InChI is InChI=1S/C17H21F4NO3S/c1-15(2,3)26(24)22-16(11-18,12-7-5-6-8-13(12)19)17(20,21)10-9-14(23)25-4/h5-10,22H,11H2,1-4H3/t16-,26-/m1/s1. The van der Waals surface area contributed by atoms with Gasteiger partial charge >= 0.3 is 5.97 Å². The smallest absolute Gasteiger partial charge is 0.330 e. The van der Waals surface area contributed by atoms with Crippen LogP contribution in [-0.2, 0) is 26.1 Å². The minimum atomic E-state index is -4.11. The Labute approximate surface area is 152 Å². The van der Waals surface area contributed by atoms with E-state index in [4.69, 9.17) is 0 Å². The van der Waals surface area contributed by atoms with Crippen molar-refractivity contribution in [1.82, 2.24) is 4.72 Å². The molecule has 0 amide bonds. The quantitative estimate of drug-likeness (QED) is 0.437. The summed E-state index contributed by atoms with van der Waals surface area (Å²) in [5, 5.41) is 0. The lowest BCUT2D eigenvalue weighted by molar-refractivity contribution is -0.135. The molecule has 0 aliphatic carbocycles. The number of carbonyl (C=O) groups excluding carboxylic acids is 1. The molecule has 0 radical (unpaired) electrons. The Bertz CT molecular complexity index is 703. The summed E-state index contributed by atoms with van der Waals surface area (Å²) in [5.74, 6) is -6.31. The van der Waals surface area contributed by atoms with Crippen LogP contribution < -0.4 is 4.72 Å². The molecule has 1 N–H and O–H groups in total. The van der Waals surface area contributed by atoms with E-state index in [0.717, 1.165) is 19.2 Å². The molecule has 0 fully saturated rings. The number of ether oxygens (including phenoxy) is 1. The number of halogens is 4. The Hall–Kier alpha value is -1.74. The predicted octanol–water partition coefficient (Wildman–Crippen LogP) is 3.41. The maximum Gasteiger partial charge on any atom is 0.330 e. The van der Waals surface area contributed by atoms with Gasteiger partial charge in [-0.3, -0.25) is 0 Å². The van der Waals surface area contributed by atoms with Gasteiger partial charge in [-0.25, -0.2) is 22.5 Å². The van der Waals surface area contributed by atoms with Crippen molar-refractivity contribution >= 4 is 17.0 Å². The van der Waals surface area contributed by atoms with E-state index in [1.807, 2.05) is 0 Å². The molecule has 0 unspecified atom stereocenters. The highest BCUT2D eigenvalue weighted by Crippen LogP contribution is 2.41. The fraction of sp³-hybridized carbons (Fsp3) is 0.471. The Morgan fingerprint density at radius 1 is 1.27 bits per heavy atom. The van der Waals surface area contributed by atoms with Crippen molar-refractivity contribution in [2.24, 2.45) is 0 Å². The first-order valence-electron chi connectivity index (χ1n) is 7.57. The molecular formula is C17H21F4NO3S. The van der Waals surface area contributed by atoms with Gasteiger partial charge in [0.25, 0.3) is 5.92 Å². The summed E-state index contributed by atoms with van der Waals surface area (Å²) in [6, 6.07) is 4.37. The van der Waals surface area contributed by atoms with Crippen molar-refractivity contribution in [3.63, 3.8) is 0 Å². The average Bonchev–Trinajstić information content (AvgIpc) is 2.57. The number of methoxy groups -OCH3 is 1. The number of alkyl halides is 3. The molecule has 0 aliphatic rings. The molecule has 2 atom stereocenters. The second kappa shape index (κ2) is 8.30. The van der Waals surface area contributed by atoms with Crippen LogP contribution in [-0.4, -0.2) is 34.6 Å². The fourth-order valence-corrected chi connectivity index (χ4v) is 2.92. The van der Waals surface area contributed by atoms with Gasteiger partial charge in [0.05, 0.1) is 22.8 Å². The predicted molar refractivity (Wildman–Crippen MR) is 91.2 cm³/mol. The molecule has 0 saturated carbocycles. The van der Waals surface area contributed by atoms with Crippen molar-refractivity contribution in [2.75, 3.05) is 13.8 Å². The largest absolute Gasteiger partial charge is 0.466 e. The van der Waals surface area contributed by atoms with E-state index >= 15 is 0 Å². The van der Waals surface area contributed by atoms with Crippen LogP contribution in [0, 0.1) is 5.82 Å². The molecule has 0 aromatic heterocycles. The van der Waals surface area contributed by atoms with Crippen molar-refractivity contribution in [3.8, 4) is 0 Å². The summed E-state index contributed by atoms with van der Waals surface area (Å²) >= 11 is 0. The van der Waals surface area contributed by atoms with E-state index in [1.54, 1.807) is 0 Å². The summed E-state index contributed by atoms with van der Waals surface area (Å²) in [6.45, 7) is 2.68. The normalized spacial score (nSPS) is 16.3. The molecule has 0 heterocycles. The average molecular weight is 395 g/mol. The zero-order valence-corrected chi connectivity index (χ0v) is 15.6. The van der Waals surface area contributed by atoms with E-state index in [9.17, 15) is 26.6 Å². The Morgan fingerprint density at radius 2 is 1.85 bits per heavy atom. The highest BCUT2D eigenvalue weighted by molar-refractivity contribution is 7.84. The number of nitrogens with one attached hydrogen (secondary N) is 1. The first-order chi connectivity index (χ1) is 11.9. The third-order valence-electron chi connectivity index (χ3n) is 3.56. The van der Waals surface area contributed by atoms with Gasteiger partial charge in [-0.1, -0.05) is 18.2 Å². The summed E-state index contributed by atoms with van der Waals surface area (Å²) < 4.78 is 75.9. The second-order valence-corrected chi connectivity index (χ2v) is 8.45. The zero-order chi connectivity index (χ0) is 20.2. The molecule has 26 heavy (non-hydrogen) atoms. The van der Waals surface area contributed by atoms with Crippen LogP contribution in [0.3, 0.4) is 0 Å². The molecule has 146 valence electrons. The molecule has 9 heteroatoms. The lowest BCUT2D eigenvalue weighted by Crippen LogP contribution is -2.59. The van der Waals surface area contributed by atoms with Crippen LogP contribution in [0.1, 0.15) is 26.3 Å². The molecule has 0 bridgehead atoms. The Balaban J connectivity index is 3.59. The van der Waals surface area contributed by atoms with Gasteiger partial charge in [0.1, 0.15) is 12.5 Å². The lowest BCUT2D eigenvalue weighted by Gasteiger charge is -2.39. The second-order valence-electron chi connectivity index (χ2n) is 6.48. The number of hydrogen-bond donors (Lipinski definition) is 1. The van der Waals surface area contributed by atoms with E-state index in [0.29, 0.717) is 6.08 Å². The van der Waals surface area contributed by atoms with Gasteiger partial charge < -0.3 is 4.74 Å². The summed E-state index contributed by atoms with van der Waals surface area (Å²) in [7, 11) is -1.18. The first kappa shape index (κ1) is 22.3. The number of esters is 1. The lowest BCUT2D eigenvalue weighted by atomic mass is 9.85. The molecule has 4 nitrogen and oxygen atoms in total. The maximum atomic E-state index is 15.0. The van der Waals surface area contributed by atoms with Crippen LogP contribution in [0.4, 0.5) is 17.6 Å². The van der Waals surface area contributed by atoms with Crippen molar-refractivity contribution in [1.29, 1.82) is 0 Å². The van der Waals surface area contributed by atoms with Crippen LogP contribution in [0.15, 0.2) is 36.4 Å². The van der Waals surface area contributed by atoms with Gasteiger partial charge in [-0.2, -0.15) is 8.78 Å². The van der Waals surface area contributed by atoms with Gasteiger partial charge in [0.2, 0.25) is 0 Å². The summed E-state index contributed by atoms with van der Waals surface area (Å²) in [5.41, 5.74) is -3.69. The van der Waals surface area contributed by atoms with Crippen molar-refractivity contribution in [2.45, 2.75) is 37.0 Å². The third kappa shape index (κ3) is 4.70. The first-order valence-corrected chi connectivity index (χ1v) is 8.72. The van der Waals surface area contributed by atoms with Gasteiger partial charge in [-0.05, 0) is 32.9 Å². The molecule has 0 aliphatic heterocycles. The van der Waals surface area contributed by atoms with Crippen molar-refractivity contribution in [3.05, 3.63) is 47.8 Å². The highest BCUT2D eigenvalue weighted by Gasteiger charge is 2.56. The number of rotatable bonds is 7. The molecule has 0 spiro atoms. The van der Waals surface area contributed by atoms with Crippen LogP contribution in [0.25, 0.3) is 0 Å². The number of carbonyl (C=O) groups is 1. The van der Waals surface area contributed by atoms with Crippen molar-refractivity contribution < 1.29 is 31.3 Å². The monoisotopic (exact) mass is 395 g/mol. The minimum absolute atomic E-state index is 0.109. The van der Waals surface area contributed by atoms with Gasteiger partial charge in [0, 0.05) is 11.6 Å². The topological polar surface area (TPSA) is 55.4 Å². The summed E-state index contributed by atoms with van der Waals surface area (Å²) in [4.78, 5) is 11.2. The maximum absolute atomic E-state index is 15.0. The van der Waals surface area contributed by atoms with Gasteiger partial charge in [0.15, 0.2) is 5.54 Å². The van der Waals surface area contributed by atoms with E-state index in [2.05, 4.69) is 9.46 Å². The molecule has 1 aromatic carbocycles. The van der Waals surface area contributed by atoms with Crippen LogP contribution >= 0.6 is 0 Å². The molecule has 0 saturated heterocycles. The van der Waals surface area contributed by atoms with E-state index in [-0.39, 0.29) is 6.08 Å². The van der Waals surface area contributed by atoms with Crippen LogP contribution in [0.5, 0.6) is 0 Å². The Morgan fingerprint density at radius 3 is 2.31 bits per heavy atom. The Kier molecular flexibility index (Phi) is 7.12. The molecular weight excluding hydrogens is 374 g/mol. The number of hydrogen-bond acceptors (Lipinski definition) is 3. The molecule has 1 aromatic rings. The zero-order valence-electron chi connectivity index (χ0n) is 14.8.